The number of hydrogen-bond donors (Lipinski definition) is 4. The molecule has 3 aromatic rings. The minimum absolute atomic E-state index is 0.206. The lowest BCUT2D eigenvalue weighted by molar-refractivity contribution is 0.0883. The number of nitrogens with zero attached hydrogens (tertiary/aromatic N) is 5. The molecule has 0 bridgehead atoms. The Bertz CT molecular complexity index is 1210. The van der Waals surface area contributed by atoms with Gasteiger partial charge in [-0.15, -0.1) is 0 Å². The van der Waals surface area contributed by atoms with Crippen molar-refractivity contribution < 1.29 is 5.11 Å². The summed E-state index contributed by atoms with van der Waals surface area (Å²) in [6.07, 6.45) is 2.52. The van der Waals surface area contributed by atoms with Gasteiger partial charge in [0.05, 0.1) is 12.3 Å². The number of nitrogens with one attached hydrogen (secondary N) is 3. The predicted octanol–water partition coefficient (Wildman–Crippen LogP) is 3.76. The molecule has 38 heavy (non-hydrogen) atoms. The largest absolute Gasteiger partial charge is 0.391 e. The first-order valence-electron chi connectivity index (χ1n) is 14.1. The molecule has 4 heterocycles. The third-order valence-corrected chi connectivity index (χ3v) is 8.23. The molecule has 9 heteroatoms. The van der Waals surface area contributed by atoms with Crippen LogP contribution in [0.25, 0.3) is 5.65 Å². The van der Waals surface area contributed by atoms with E-state index in [1.807, 2.05) is 16.8 Å². The van der Waals surface area contributed by atoms with Crippen LogP contribution in [0.3, 0.4) is 0 Å². The lowest BCUT2D eigenvalue weighted by Gasteiger charge is -2.42. The normalized spacial score (nSPS) is 22.9. The first-order chi connectivity index (χ1) is 18.3. The number of hydrogen-bond acceptors (Lipinski definition) is 8. The van der Waals surface area contributed by atoms with Crippen molar-refractivity contribution in [3.05, 3.63) is 42.1 Å². The molecular weight excluding hydrogens is 476 g/mol. The van der Waals surface area contributed by atoms with Crippen molar-refractivity contribution in [1.82, 2.24) is 24.8 Å². The number of anilines is 4. The summed E-state index contributed by atoms with van der Waals surface area (Å²) in [5.74, 6) is 2.80. The van der Waals surface area contributed by atoms with Crippen molar-refractivity contribution in [2.45, 2.75) is 52.2 Å². The van der Waals surface area contributed by atoms with E-state index in [0.29, 0.717) is 31.0 Å². The van der Waals surface area contributed by atoms with Crippen molar-refractivity contribution in [3.8, 4) is 0 Å². The van der Waals surface area contributed by atoms with Gasteiger partial charge in [0.1, 0.15) is 11.6 Å². The summed E-state index contributed by atoms with van der Waals surface area (Å²) in [7, 11) is 2.24. The quantitative estimate of drug-likeness (QED) is 0.357. The molecule has 0 amide bonds. The van der Waals surface area contributed by atoms with Crippen LogP contribution in [-0.4, -0.2) is 83.1 Å². The van der Waals surface area contributed by atoms with Gasteiger partial charge >= 0.3 is 0 Å². The summed E-state index contributed by atoms with van der Waals surface area (Å²) in [5, 5.41) is 25.4. The van der Waals surface area contributed by atoms with Gasteiger partial charge in [-0.05, 0) is 56.1 Å². The number of aliphatic hydroxyl groups is 1. The monoisotopic (exact) mass is 520 g/mol. The minimum atomic E-state index is -0.339. The Morgan fingerprint density at radius 1 is 1.13 bits per heavy atom. The number of aliphatic hydroxyl groups excluding tert-OH is 1. The van der Waals surface area contributed by atoms with E-state index in [-0.39, 0.29) is 12.0 Å². The molecule has 2 fully saturated rings. The Kier molecular flexibility index (Phi) is 8.07. The Morgan fingerprint density at radius 3 is 2.63 bits per heavy atom. The van der Waals surface area contributed by atoms with Crippen LogP contribution in [0.2, 0.25) is 0 Å². The fraction of sp³-hybridized carbons (Fsp3) is 0.586. The third kappa shape index (κ3) is 5.75. The molecule has 4 N–H and O–H groups in total. The maximum absolute atomic E-state index is 10.4. The van der Waals surface area contributed by atoms with E-state index in [1.165, 1.54) is 5.69 Å². The maximum atomic E-state index is 10.4. The summed E-state index contributed by atoms with van der Waals surface area (Å²) < 4.78 is 1.89. The molecule has 3 atom stereocenters. The highest BCUT2D eigenvalue weighted by Gasteiger charge is 2.27. The second kappa shape index (κ2) is 11.5. The van der Waals surface area contributed by atoms with E-state index in [2.05, 4.69) is 89.9 Å². The molecule has 5 rings (SSSR count). The molecule has 2 saturated heterocycles. The first-order valence-corrected chi connectivity index (χ1v) is 14.1. The van der Waals surface area contributed by atoms with Crippen LogP contribution in [0, 0.1) is 11.8 Å². The molecule has 0 saturated carbocycles. The van der Waals surface area contributed by atoms with Crippen molar-refractivity contribution in [1.29, 1.82) is 0 Å². The number of benzene rings is 1. The minimum Gasteiger partial charge on any atom is -0.391 e. The molecule has 0 aliphatic carbocycles. The summed E-state index contributed by atoms with van der Waals surface area (Å²) in [6, 6.07) is 11.3. The van der Waals surface area contributed by atoms with Crippen LogP contribution in [0.4, 0.5) is 23.0 Å². The van der Waals surface area contributed by atoms with Crippen molar-refractivity contribution in [2.24, 2.45) is 11.8 Å². The van der Waals surface area contributed by atoms with Gasteiger partial charge in [-0.1, -0.05) is 27.7 Å². The standard InChI is InChI=1S/C29H44N8O/c1-19(2)24-16-32-37-28(14-27(34-29(24)37)31-15-21-10-11-30-17-26(21)38)33-22-6-8-23(9-7-22)36-13-12-35(5)25(18-36)20(3)4/h6-9,14,16,19-21,25-26,30,33,38H,10-13,15,17-18H2,1-5H3,(H,31,34). The van der Waals surface area contributed by atoms with E-state index in [4.69, 9.17) is 4.98 Å². The zero-order valence-electron chi connectivity index (χ0n) is 23.5. The number of piperidine rings is 1. The fourth-order valence-electron chi connectivity index (χ4n) is 5.70. The molecular formula is C29H44N8O. The number of aromatic nitrogens is 3. The molecule has 206 valence electrons. The van der Waals surface area contributed by atoms with Gasteiger partial charge in [0.25, 0.3) is 0 Å². The van der Waals surface area contributed by atoms with E-state index in [0.717, 1.165) is 61.1 Å². The maximum Gasteiger partial charge on any atom is 0.163 e. The van der Waals surface area contributed by atoms with E-state index in [1.54, 1.807) is 0 Å². The van der Waals surface area contributed by atoms with Gasteiger partial charge in [-0.25, -0.2) is 4.98 Å². The van der Waals surface area contributed by atoms with Crippen molar-refractivity contribution in [2.75, 3.05) is 61.8 Å². The SMILES string of the molecule is CC(C)c1cnn2c(Nc3ccc(N4CCN(C)C(C(C)C)C4)cc3)cc(NCC3CCNCC3O)nc12. The van der Waals surface area contributed by atoms with Crippen LogP contribution < -0.4 is 20.9 Å². The van der Waals surface area contributed by atoms with Gasteiger partial charge in [0, 0.05) is 67.7 Å². The lowest BCUT2D eigenvalue weighted by atomic mass is 9.95. The highest BCUT2D eigenvalue weighted by molar-refractivity contribution is 5.67. The van der Waals surface area contributed by atoms with Crippen LogP contribution in [0.15, 0.2) is 36.5 Å². The Hall–Kier alpha value is -2.88. The van der Waals surface area contributed by atoms with E-state index < -0.39 is 0 Å². The number of rotatable bonds is 8. The topological polar surface area (TPSA) is 93.0 Å². The Labute approximate surface area is 226 Å². The zero-order valence-corrected chi connectivity index (χ0v) is 23.5. The number of β-amino-alcohol motifs (C(OH)–C–C–N with tert-alkyl or cyclic N) is 1. The molecule has 0 spiro atoms. The highest BCUT2D eigenvalue weighted by atomic mass is 16.3. The summed E-state index contributed by atoms with van der Waals surface area (Å²) in [4.78, 5) is 9.90. The number of piperazine rings is 1. The molecule has 2 aromatic heterocycles. The lowest BCUT2D eigenvalue weighted by Crippen LogP contribution is -2.53. The molecule has 1 aromatic carbocycles. The summed E-state index contributed by atoms with van der Waals surface area (Å²) >= 11 is 0. The predicted molar refractivity (Wildman–Crippen MR) is 156 cm³/mol. The third-order valence-electron chi connectivity index (χ3n) is 8.23. The number of fused-ring (bicyclic) bond motifs is 1. The molecule has 3 unspecified atom stereocenters. The molecule has 9 nitrogen and oxygen atoms in total. The van der Waals surface area contributed by atoms with Gasteiger partial charge in [0.15, 0.2) is 5.65 Å². The van der Waals surface area contributed by atoms with Gasteiger partial charge in [0.2, 0.25) is 0 Å². The average Bonchev–Trinajstić information content (AvgIpc) is 3.34. The molecule has 2 aliphatic rings. The fourth-order valence-corrected chi connectivity index (χ4v) is 5.70. The van der Waals surface area contributed by atoms with Crippen LogP contribution in [0.5, 0.6) is 0 Å². The van der Waals surface area contributed by atoms with Gasteiger partial charge < -0.3 is 26.0 Å². The average molecular weight is 521 g/mol. The van der Waals surface area contributed by atoms with Crippen molar-refractivity contribution in [3.63, 3.8) is 0 Å². The zero-order chi connectivity index (χ0) is 26.8. The number of likely N-dealkylation sites (N-methyl/N-ethyl adjacent to an activating group) is 1. The Morgan fingerprint density at radius 2 is 1.92 bits per heavy atom. The Balaban J connectivity index is 1.35. The van der Waals surface area contributed by atoms with E-state index in [9.17, 15) is 5.11 Å². The van der Waals surface area contributed by atoms with Crippen LogP contribution in [-0.2, 0) is 0 Å². The smallest absolute Gasteiger partial charge is 0.163 e. The molecule has 0 radical (unpaired) electrons. The van der Waals surface area contributed by atoms with E-state index >= 15 is 0 Å². The first kappa shape index (κ1) is 26.7. The summed E-state index contributed by atoms with van der Waals surface area (Å²) in [5.41, 5.74) is 4.24. The van der Waals surface area contributed by atoms with Gasteiger partial charge in [-0.2, -0.15) is 9.61 Å². The van der Waals surface area contributed by atoms with Crippen LogP contribution >= 0.6 is 0 Å². The second-order valence-corrected chi connectivity index (χ2v) is 11.6. The van der Waals surface area contributed by atoms with Gasteiger partial charge in [-0.3, -0.25) is 4.90 Å². The van der Waals surface area contributed by atoms with Crippen LogP contribution in [0.1, 0.15) is 45.6 Å². The highest BCUT2D eigenvalue weighted by Crippen LogP contribution is 2.28. The second-order valence-electron chi connectivity index (χ2n) is 11.6. The molecule has 2 aliphatic heterocycles. The van der Waals surface area contributed by atoms with Crippen molar-refractivity contribution >= 4 is 28.7 Å². The summed E-state index contributed by atoms with van der Waals surface area (Å²) in [6.45, 7) is 14.4.